The molecular weight excluding hydrogens is 212 g/mol. The lowest BCUT2D eigenvalue weighted by molar-refractivity contribution is 0.181. The van der Waals surface area contributed by atoms with E-state index in [1.807, 2.05) is 24.3 Å². The quantitative estimate of drug-likeness (QED) is 0.740. The van der Waals surface area contributed by atoms with E-state index in [0.29, 0.717) is 5.56 Å². The van der Waals surface area contributed by atoms with Crippen LogP contribution in [0.15, 0.2) is 24.3 Å². The summed E-state index contributed by atoms with van der Waals surface area (Å²) in [5.41, 5.74) is 1.82. The van der Waals surface area contributed by atoms with E-state index in [0.717, 1.165) is 24.9 Å². The highest BCUT2D eigenvalue weighted by Crippen LogP contribution is 2.13. The fourth-order valence-electron chi connectivity index (χ4n) is 1.71. The van der Waals surface area contributed by atoms with E-state index < -0.39 is 0 Å². The third-order valence-corrected chi connectivity index (χ3v) is 2.76. The molecule has 2 unspecified atom stereocenters. The van der Waals surface area contributed by atoms with E-state index in [1.54, 1.807) is 6.92 Å². The van der Waals surface area contributed by atoms with Crippen LogP contribution in [0.25, 0.3) is 0 Å². The predicted octanol–water partition coefficient (Wildman–Crippen LogP) is 2.37. The van der Waals surface area contributed by atoms with Gasteiger partial charge in [-0.1, -0.05) is 12.1 Å². The van der Waals surface area contributed by atoms with Crippen molar-refractivity contribution in [1.29, 1.82) is 5.26 Å². The number of aliphatic hydroxyl groups is 1. The van der Waals surface area contributed by atoms with Crippen LogP contribution in [-0.2, 0) is 0 Å². The molecule has 1 aromatic carbocycles. The highest BCUT2D eigenvalue weighted by molar-refractivity contribution is 5.33. The number of rotatable bonds is 6. The second kappa shape index (κ2) is 7.05. The summed E-state index contributed by atoms with van der Waals surface area (Å²) in [5.74, 6) is 0. The molecule has 0 fully saturated rings. The third-order valence-electron chi connectivity index (χ3n) is 2.76. The van der Waals surface area contributed by atoms with Gasteiger partial charge in [0.15, 0.2) is 0 Å². The normalized spacial score (nSPS) is 14.0. The average molecular weight is 232 g/mol. The lowest BCUT2D eigenvalue weighted by Crippen LogP contribution is -2.20. The van der Waals surface area contributed by atoms with Crippen LogP contribution in [0.2, 0.25) is 0 Å². The van der Waals surface area contributed by atoms with Crippen molar-refractivity contribution < 1.29 is 5.11 Å². The maximum Gasteiger partial charge on any atom is 0.0991 e. The minimum atomic E-state index is -0.228. The summed E-state index contributed by atoms with van der Waals surface area (Å²) in [6.45, 7) is 4.77. The number of hydrogen-bond donors (Lipinski definition) is 2. The summed E-state index contributed by atoms with van der Waals surface area (Å²) < 4.78 is 0. The van der Waals surface area contributed by atoms with E-state index >= 15 is 0 Å². The van der Waals surface area contributed by atoms with Gasteiger partial charge in [-0.05, 0) is 50.9 Å². The van der Waals surface area contributed by atoms with Gasteiger partial charge in [0.25, 0.3) is 0 Å². The van der Waals surface area contributed by atoms with Gasteiger partial charge in [0.05, 0.1) is 17.7 Å². The summed E-state index contributed by atoms with van der Waals surface area (Å²) in [5, 5.41) is 21.3. The molecule has 2 atom stereocenters. The number of benzene rings is 1. The van der Waals surface area contributed by atoms with E-state index in [9.17, 15) is 0 Å². The number of aliphatic hydroxyl groups excluding tert-OH is 1. The highest BCUT2D eigenvalue weighted by Gasteiger charge is 2.05. The predicted molar refractivity (Wildman–Crippen MR) is 68.5 cm³/mol. The van der Waals surface area contributed by atoms with E-state index in [1.165, 1.54) is 0 Å². The molecule has 1 rings (SSSR count). The first-order chi connectivity index (χ1) is 8.13. The van der Waals surface area contributed by atoms with Gasteiger partial charge in [-0.15, -0.1) is 0 Å². The minimum Gasteiger partial charge on any atom is -0.393 e. The zero-order chi connectivity index (χ0) is 12.7. The first-order valence-electron chi connectivity index (χ1n) is 6.05. The van der Waals surface area contributed by atoms with Gasteiger partial charge in [0.2, 0.25) is 0 Å². The average Bonchev–Trinajstić information content (AvgIpc) is 2.34. The molecule has 92 valence electrons. The minimum absolute atomic E-state index is 0.228. The van der Waals surface area contributed by atoms with Crippen molar-refractivity contribution in [2.75, 3.05) is 6.54 Å². The second-order valence-electron chi connectivity index (χ2n) is 4.40. The Morgan fingerprint density at radius 3 is 2.82 bits per heavy atom. The van der Waals surface area contributed by atoms with Crippen molar-refractivity contribution >= 4 is 0 Å². The topological polar surface area (TPSA) is 56.0 Å². The largest absolute Gasteiger partial charge is 0.393 e. The number of hydrogen-bond acceptors (Lipinski definition) is 3. The maximum absolute atomic E-state index is 9.14. The van der Waals surface area contributed by atoms with Crippen LogP contribution in [-0.4, -0.2) is 17.8 Å². The van der Waals surface area contributed by atoms with Crippen LogP contribution in [0.4, 0.5) is 0 Å². The van der Waals surface area contributed by atoms with Crippen molar-refractivity contribution in [2.24, 2.45) is 0 Å². The van der Waals surface area contributed by atoms with Crippen molar-refractivity contribution in [3.63, 3.8) is 0 Å². The Labute approximate surface area is 103 Å². The van der Waals surface area contributed by atoms with Crippen LogP contribution < -0.4 is 5.32 Å². The van der Waals surface area contributed by atoms with Crippen molar-refractivity contribution in [3.05, 3.63) is 35.4 Å². The molecule has 0 aliphatic rings. The van der Waals surface area contributed by atoms with Gasteiger partial charge < -0.3 is 10.4 Å². The molecular formula is C14H20N2O. The Hall–Kier alpha value is -1.37. The SMILES string of the molecule is CC(O)CCCNC(C)c1cccc(C#N)c1. The summed E-state index contributed by atoms with van der Waals surface area (Å²) in [6, 6.07) is 10.0. The molecule has 3 nitrogen and oxygen atoms in total. The zero-order valence-corrected chi connectivity index (χ0v) is 10.5. The van der Waals surface area contributed by atoms with E-state index in [2.05, 4.69) is 18.3 Å². The van der Waals surface area contributed by atoms with E-state index in [-0.39, 0.29) is 12.1 Å². The molecule has 0 heterocycles. The molecule has 0 aliphatic carbocycles. The Kier molecular flexibility index (Phi) is 5.68. The fourth-order valence-corrected chi connectivity index (χ4v) is 1.71. The molecule has 0 saturated heterocycles. The third kappa shape index (κ3) is 4.99. The molecule has 2 N–H and O–H groups in total. The van der Waals surface area contributed by atoms with Crippen LogP contribution >= 0.6 is 0 Å². The Morgan fingerprint density at radius 2 is 2.18 bits per heavy atom. The summed E-state index contributed by atoms with van der Waals surface area (Å²) in [7, 11) is 0. The van der Waals surface area contributed by atoms with Gasteiger partial charge >= 0.3 is 0 Å². The summed E-state index contributed by atoms with van der Waals surface area (Å²) in [6.07, 6.45) is 1.55. The molecule has 0 saturated carbocycles. The lowest BCUT2D eigenvalue weighted by atomic mass is 10.1. The van der Waals surface area contributed by atoms with Crippen molar-refractivity contribution in [2.45, 2.75) is 38.8 Å². The molecule has 0 radical (unpaired) electrons. The summed E-state index contributed by atoms with van der Waals surface area (Å²) >= 11 is 0. The molecule has 3 heteroatoms. The van der Waals surface area contributed by atoms with Crippen LogP contribution in [0, 0.1) is 11.3 Å². The Morgan fingerprint density at radius 1 is 1.41 bits per heavy atom. The standard InChI is InChI=1S/C14H20N2O/c1-11(17)5-4-8-16-12(2)14-7-3-6-13(9-14)10-15/h3,6-7,9,11-12,16-17H,4-5,8H2,1-2H3. The van der Waals surface area contributed by atoms with Gasteiger partial charge in [0.1, 0.15) is 0 Å². The zero-order valence-electron chi connectivity index (χ0n) is 10.5. The van der Waals surface area contributed by atoms with Crippen molar-refractivity contribution in [3.8, 4) is 6.07 Å². The van der Waals surface area contributed by atoms with Crippen LogP contribution in [0.1, 0.15) is 43.9 Å². The number of nitrogens with zero attached hydrogens (tertiary/aromatic N) is 1. The van der Waals surface area contributed by atoms with Gasteiger partial charge in [-0.3, -0.25) is 0 Å². The molecule has 0 spiro atoms. The van der Waals surface area contributed by atoms with Gasteiger partial charge in [0, 0.05) is 6.04 Å². The Bertz CT molecular complexity index is 382. The number of nitrogens with one attached hydrogen (secondary N) is 1. The van der Waals surface area contributed by atoms with Gasteiger partial charge in [-0.2, -0.15) is 5.26 Å². The fraction of sp³-hybridized carbons (Fsp3) is 0.500. The highest BCUT2D eigenvalue weighted by atomic mass is 16.3. The Balaban J connectivity index is 2.41. The van der Waals surface area contributed by atoms with Crippen LogP contribution in [0.3, 0.4) is 0 Å². The molecule has 0 bridgehead atoms. The second-order valence-corrected chi connectivity index (χ2v) is 4.40. The van der Waals surface area contributed by atoms with Crippen molar-refractivity contribution in [1.82, 2.24) is 5.32 Å². The maximum atomic E-state index is 9.14. The lowest BCUT2D eigenvalue weighted by Gasteiger charge is -2.14. The first kappa shape index (κ1) is 13.7. The molecule has 0 aliphatic heterocycles. The smallest absolute Gasteiger partial charge is 0.0991 e. The van der Waals surface area contributed by atoms with Crippen LogP contribution in [0.5, 0.6) is 0 Å². The van der Waals surface area contributed by atoms with E-state index in [4.69, 9.17) is 10.4 Å². The monoisotopic (exact) mass is 232 g/mol. The molecule has 1 aromatic rings. The molecule has 0 aromatic heterocycles. The van der Waals surface area contributed by atoms with Gasteiger partial charge in [-0.25, -0.2) is 0 Å². The first-order valence-corrected chi connectivity index (χ1v) is 6.05. The number of nitriles is 1. The molecule has 17 heavy (non-hydrogen) atoms. The molecule has 0 amide bonds. The summed E-state index contributed by atoms with van der Waals surface area (Å²) in [4.78, 5) is 0.